The minimum Gasteiger partial charge on any atom is -0.327 e. The maximum Gasteiger partial charge on any atom is 0.0221 e. The van der Waals surface area contributed by atoms with Crippen molar-refractivity contribution in [2.75, 3.05) is 26.2 Å². The van der Waals surface area contributed by atoms with Crippen molar-refractivity contribution >= 4 is 12.4 Å². The van der Waals surface area contributed by atoms with Crippen molar-refractivity contribution < 1.29 is 0 Å². The molecule has 0 aliphatic carbocycles. The van der Waals surface area contributed by atoms with Crippen LogP contribution in [0.5, 0.6) is 0 Å². The van der Waals surface area contributed by atoms with Crippen molar-refractivity contribution in [1.29, 1.82) is 0 Å². The zero-order valence-corrected chi connectivity index (χ0v) is 9.56. The normalized spacial score (nSPS) is 34.9. The van der Waals surface area contributed by atoms with Crippen LogP contribution in [0.25, 0.3) is 0 Å². The molecule has 2 aliphatic heterocycles. The standard InChI is InChI=1S/C10H21N3.ClH/c11-9-3-2-6-13(8-9)10-4-1-5-12-7-10;/h9-10,12H,1-8,11H2;1H/t9-,10?;/m1./s1. The topological polar surface area (TPSA) is 41.3 Å². The van der Waals surface area contributed by atoms with Crippen molar-refractivity contribution in [1.82, 2.24) is 10.2 Å². The molecule has 4 heteroatoms. The Morgan fingerprint density at radius 3 is 2.71 bits per heavy atom. The molecular weight excluding hydrogens is 198 g/mol. The van der Waals surface area contributed by atoms with Crippen molar-refractivity contribution in [2.24, 2.45) is 5.73 Å². The van der Waals surface area contributed by atoms with E-state index in [1.54, 1.807) is 0 Å². The lowest BCUT2D eigenvalue weighted by Gasteiger charge is -2.39. The molecule has 2 saturated heterocycles. The molecule has 84 valence electrons. The number of nitrogens with zero attached hydrogens (tertiary/aromatic N) is 1. The van der Waals surface area contributed by atoms with E-state index in [1.807, 2.05) is 0 Å². The Bertz CT molecular complexity index is 159. The third kappa shape index (κ3) is 3.09. The number of rotatable bonds is 1. The van der Waals surface area contributed by atoms with Crippen LogP contribution < -0.4 is 11.1 Å². The fourth-order valence-electron chi connectivity index (χ4n) is 2.52. The van der Waals surface area contributed by atoms with Gasteiger partial charge in [0.25, 0.3) is 0 Å². The first-order valence-electron chi connectivity index (χ1n) is 5.56. The molecule has 0 saturated carbocycles. The van der Waals surface area contributed by atoms with E-state index in [0.717, 1.165) is 12.6 Å². The van der Waals surface area contributed by atoms with Gasteiger partial charge in [0.2, 0.25) is 0 Å². The molecule has 0 aromatic carbocycles. The lowest BCUT2D eigenvalue weighted by molar-refractivity contribution is 0.128. The fraction of sp³-hybridized carbons (Fsp3) is 1.00. The maximum absolute atomic E-state index is 5.97. The minimum absolute atomic E-state index is 0. The molecule has 0 radical (unpaired) electrons. The summed E-state index contributed by atoms with van der Waals surface area (Å²) in [6.07, 6.45) is 5.20. The first-order valence-corrected chi connectivity index (χ1v) is 5.56. The van der Waals surface area contributed by atoms with Crippen LogP contribution in [-0.2, 0) is 0 Å². The van der Waals surface area contributed by atoms with Gasteiger partial charge in [0.05, 0.1) is 0 Å². The Kier molecular flexibility index (Phi) is 5.17. The number of nitrogens with one attached hydrogen (secondary N) is 1. The lowest BCUT2D eigenvalue weighted by Crippen LogP contribution is -2.52. The van der Waals surface area contributed by atoms with Crippen molar-refractivity contribution in [3.63, 3.8) is 0 Å². The molecule has 2 atom stereocenters. The summed E-state index contributed by atoms with van der Waals surface area (Å²) in [7, 11) is 0. The lowest BCUT2D eigenvalue weighted by atomic mass is 10.0. The molecule has 0 amide bonds. The van der Waals surface area contributed by atoms with Crippen LogP contribution in [0.3, 0.4) is 0 Å². The average Bonchev–Trinajstić information content (AvgIpc) is 2.19. The predicted molar refractivity (Wildman–Crippen MR) is 61.9 cm³/mol. The van der Waals surface area contributed by atoms with Gasteiger partial charge in [0.1, 0.15) is 0 Å². The highest BCUT2D eigenvalue weighted by atomic mass is 35.5. The number of piperidine rings is 2. The van der Waals surface area contributed by atoms with Crippen molar-refractivity contribution in [3.05, 3.63) is 0 Å². The summed E-state index contributed by atoms with van der Waals surface area (Å²) in [6.45, 7) is 4.76. The van der Waals surface area contributed by atoms with E-state index < -0.39 is 0 Å². The number of nitrogens with two attached hydrogens (primary N) is 1. The molecule has 2 heterocycles. The third-order valence-corrected chi connectivity index (χ3v) is 3.28. The van der Waals surface area contributed by atoms with E-state index >= 15 is 0 Å². The molecule has 3 N–H and O–H groups in total. The highest BCUT2D eigenvalue weighted by molar-refractivity contribution is 5.85. The molecule has 3 nitrogen and oxygen atoms in total. The molecule has 0 bridgehead atoms. The summed E-state index contributed by atoms with van der Waals surface area (Å²) < 4.78 is 0. The molecule has 1 unspecified atom stereocenters. The summed E-state index contributed by atoms with van der Waals surface area (Å²) in [5.74, 6) is 0. The SMILES string of the molecule is Cl.N[C@@H]1CCCN(C2CCCNC2)C1. The Labute approximate surface area is 92.8 Å². The fourth-order valence-corrected chi connectivity index (χ4v) is 2.52. The molecule has 0 aromatic heterocycles. The summed E-state index contributed by atoms with van der Waals surface area (Å²) in [5, 5.41) is 3.46. The van der Waals surface area contributed by atoms with E-state index in [4.69, 9.17) is 5.73 Å². The Morgan fingerprint density at radius 1 is 1.21 bits per heavy atom. The van der Waals surface area contributed by atoms with Crippen LogP contribution in [0.2, 0.25) is 0 Å². The van der Waals surface area contributed by atoms with Gasteiger partial charge < -0.3 is 11.1 Å². The van der Waals surface area contributed by atoms with Gasteiger partial charge in [-0.15, -0.1) is 12.4 Å². The van der Waals surface area contributed by atoms with E-state index in [2.05, 4.69) is 10.2 Å². The third-order valence-electron chi connectivity index (χ3n) is 3.28. The number of halogens is 1. The van der Waals surface area contributed by atoms with Gasteiger partial charge in [0, 0.05) is 25.2 Å². The second-order valence-corrected chi connectivity index (χ2v) is 4.40. The summed E-state index contributed by atoms with van der Waals surface area (Å²) in [6, 6.07) is 1.19. The zero-order valence-electron chi connectivity index (χ0n) is 8.74. The van der Waals surface area contributed by atoms with E-state index in [-0.39, 0.29) is 12.4 Å². The minimum atomic E-state index is 0. The quantitative estimate of drug-likeness (QED) is 0.678. The first-order chi connectivity index (χ1) is 6.36. The van der Waals surface area contributed by atoms with Crippen LogP contribution >= 0.6 is 12.4 Å². The average molecular weight is 220 g/mol. The van der Waals surface area contributed by atoms with Gasteiger partial charge >= 0.3 is 0 Å². The van der Waals surface area contributed by atoms with Crippen molar-refractivity contribution in [2.45, 2.75) is 37.8 Å². The van der Waals surface area contributed by atoms with E-state index in [1.165, 1.54) is 45.3 Å². The molecule has 2 rings (SSSR count). The largest absolute Gasteiger partial charge is 0.327 e. The molecule has 0 aromatic rings. The smallest absolute Gasteiger partial charge is 0.0221 e. The predicted octanol–water partition coefficient (Wildman–Crippen LogP) is 0.583. The Morgan fingerprint density at radius 2 is 2.07 bits per heavy atom. The van der Waals surface area contributed by atoms with Gasteiger partial charge in [-0.2, -0.15) is 0 Å². The van der Waals surface area contributed by atoms with E-state index in [0.29, 0.717) is 6.04 Å². The van der Waals surface area contributed by atoms with Gasteiger partial charge in [-0.3, -0.25) is 4.90 Å². The maximum atomic E-state index is 5.97. The number of hydrogen-bond acceptors (Lipinski definition) is 3. The highest BCUT2D eigenvalue weighted by Gasteiger charge is 2.24. The summed E-state index contributed by atoms with van der Waals surface area (Å²) in [4.78, 5) is 2.58. The van der Waals surface area contributed by atoms with Crippen LogP contribution in [0.4, 0.5) is 0 Å². The highest BCUT2D eigenvalue weighted by Crippen LogP contribution is 2.16. The van der Waals surface area contributed by atoms with Gasteiger partial charge in [-0.05, 0) is 38.8 Å². The van der Waals surface area contributed by atoms with E-state index in [9.17, 15) is 0 Å². The van der Waals surface area contributed by atoms with Crippen LogP contribution in [0.1, 0.15) is 25.7 Å². The number of hydrogen-bond donors (Lipinski definition) is 2. The monoisotopic (exact) mass is 219 g/mol. The summed E-state index contributed by atoms with van der Waals surface area (Å²) in [5.41, 5.74) is 5.97. The van der Waals surface area contributed by atoms with Crippen molar-refractivity contribution in [3.8, 4) is 0 Å². The zero-order chi connectivity index (χ0) is 9.10. The Hall–Kier alpha value is 0.170. The molecule has 0 spiro atoms. The summed E-state index contributed by atoms with van der Waals surface area (Å²) >= 11 is 0. The van der Waals surface area contributed by atoms with Gasteiger partial charge in [-0.25, -0.2) is 0 Å². The van der Waals surface area contributed by atoms with Gasteiger partial charge in [0.15, 0.2) is 0 Å². The van der Waals surface area contributed by atoms with Crippen LogP contribution in [-0.4, -0.2) is 43.2 Å². The van der Waals surface area contributed by atoms with Crippen LogP contribution in [0, 0.1) is 0 Å². The van der Waals surface area contributed by atoms with Gasteiger partial charge in [-0.1, -0.05) is 0 Å². The number of likely N-dealkylation sites (tertiary alicyclic amines) is 1. The van der Waals surface area contributed by atoms with Crippen LogP contribution in [0.15, 0.2) is 0 Å². The molecule has 2 aliphatic rings. The molecule has 14 heavy (non-hydrogen) atoms. The molecular formula is C10H22ClN3. The second kappa shape index (κ2) is 5.91. The molecule has 2 fully saturated rings. The first kappa shape index (κ1) is 12.2. The second-order valence-electron chi connectivity index (χ2n) is 4.40. The Balaban J connectivity index is 0.000000980.